The average molecular weight is 253 g/mol. The molecule has 0 rings (SSSR count). The van der Waals surface area contributed by atoms with Crippen LogP contribution in [0.1, 0.15) is 65.2 Å². The molecule has 0 aromatic heterocycles. The molecule has 0 aliphatic heterocycles. The molecule has 106 valence electrons. The summed E-state index contributed by atoms with van der Waals surface area (Å²) in [7, 11) is 0. The molecule has 1 atom stereocenters. The van der Waals surface area contributed by atoms with E-state index in [0.29, 0.717) is 17.6 Å². The van der Waals surface area contributed by atoms with Crippen molar-refractivity contribution < 1.29 is 4.79 Å². The zero-order valence-electron chi connectivity index (χ0n) is 12.3. The minimum absolute atomic E-state index is 0.427. The molecule has 2 N–H and O–H groups in total. The fourth-order valence-electron chi connectivity index (χ4n) is 2.28. The molecule has 0 aromatic rings. The molecular formula is C16H31NO. The number of ketones is 1. The van der Waals surface area contributed by atoms with E-state index in [1.165, 1.54) is 6.42 Å². The molecule has 0 saturated carbocycles. The van der Waals surface area contributed by atoms with Crippen molar-refractivity contribution in [1.29, 1.82) is 0 Å². The third kappa shape index (κ3) is 9.41. The third-order valence-corrected chi connectivity index (χ3v) is 3.64. The molecule has 0 aromatic carbocycles. The first-order valence-corrected chi connectivity index (χ1v) is 7.44. The first-order valence-electron chi connectivity index (χ1n) is 7.44. The number of Topliss-reactive ketones (excluding diaryl/α,β-unsaturated/α-hetero) is 1. The van der Waals surface area contributed by atoms with Gasteiger partial charge in [0.25, 0.3) is 0 Å². The SMILES string of the molecule is C=CCCCCCC(=O)CCC(CCN)C(C)C. The van der Waals surface area contributed by atoms with Gasteiger partial charge >= 0.3 is 0 Å². The van der Waals surface area contributed by atoms with Gasteiger partial charge < -0.3 is 5.73 Å². The van der Waals surface area contributed by atoms with Gasteiger partial charge in [0.15, 0.2) is 0 Å². The Morgan fingerprint density at radius 2 is 1.89 bits per heavy atom. The second-order valence-corrected chi connectivity index (χ2v) is 5.55. The van der Waals surface area contributed by atoms with E-state index in [0.717, 1.165) is 51.5 Å². The molecule has 2 heteroatoms. The lowest BCUT2D eigenvalue weighted by atomic mass is 9.87. The molecule has 0 radical (unpaired) electrons. The first kappa shape index (κ1) is 17.4. The predicted molar refractivity (Wildman–Crippen MR) is 79.5 cm³/mol. The van der Waals surface area contributed by atoms with E-state index in [4.69, 9.17) is 5.73 Å². The van der Waals surface area contributed by atoms with E-state index in [9.17, 15) is 4.79 Å². The van der Waals surface area contributed by atoms with Crippen LogP contribution >= 0.6 is 0 Å². The molecule has 0 aliphatic rings. The summed E-state index contributed by atoms with van der Waals surface area (Å²) in [4.78, 5) is 11.8. The van der Waals surface area contributed by atoms with Crippen LogP contribution in [0.4, 0.5) is 0 Å². The Kier molecular flexibility index (Phi) is 11.1. The van der Waals surface area contributed by atoms with E-state index in [2.05, 4.69) is 20.4 Å². The Bertz CT molecular complexity index is 223. The van der Waals surface area contributed by atoms with Gasteiger partial charge in [0.2, 0.25) is 0 Å². The van der Waals surface area contributed by atoms with Crippen molar-refractivity contribution in [3.8, 4) is 0 Å². The van der Waals surface area contributed by atoms with Crippen molar-refractivity contribution in [2.75, 3.05) is 6.54 Å². The summed E-state index contributed by atoms with van der Waals surface area (Å²) in [6.07, 6.45) is 9.92. The summed E-state index contributed by atoms with van der Waals surface area (Å²) >= 11 is 0. The van der Waals surface area contributed by atoms with E-state index in [-0.39, 0.29) is 0 Å². The van der Waals surface area contributed by atoms with Gasteiger partial charge in [-0.1, -0.05) is 26.3 Å². The fraction of sp³-hybridized carbons (Fsp3) is 0.812. The van der Waals surface area contributed by atoms with Crippen molar-refractivity contribution in [3.05, 3.63) is 12.7 Å². The molecule has 0 aliphatic carbocycles. The maximum absolute atomic E-state index is 11.8. The summed E-state index contributed by atoms with van der Waals surface area (Å²) in [6.45, 7) is 8.88. The summed E-state index contributed by atoms with van der Waals surface area (Å²) in [5.41, 5.74) is 5.61. The third-order valence-electron chi connectivity index (χ3n) is 3.64. The number of unbranched alkanes of at least 4 members (excludes halogenated alkanes) is 3. The summed E-state index contributed by atoms with van der Waals surface area (Å²) in [5.74, 6) is 1.67. The van der Waals surface area contributed by atoms with E-state index in [1.807, 2.05) is 6.08 Å². The van der Waals surface area contributed by atoms with E-state index in [1.54, 1.807) is 0 Å². The molecule has 0 heterocycles. The van der Waals surface area contributed by atoms with Crippen LogP contribution in [0.25, 0.3) is 0 Å². The summed E-state index contributed by atoms with van der Waals surface area (Å²) < 4.78 is 0. The highest BCUT2D eigenvalue weighted by molar-refractivity contribution is 5.78. The normalized spacial score (nSPS) is 12.7. The second-order valence-electron chi connectivity index (χ2n) is 5.55. The number of carbonyl (C=O) groups excluding carboxylic acids is 1. The monoisotopic (exact) mass is 253 g/mol. The topological polar surface area (TPSA) is 43.1 Å². The Labute approximate surface area is 113 Å². The lowest BCUT2D eigenvalue weighted by Crippen LogP contribution is -2.15. The minimum Gasteiger partial charge on any atom is -0.330 e. The number of hydrogen-bond donors (Lipinski definition) is 1. The molecule has 1 unspecified atom stereocenters. The van der Waals surface area contributed by atoms with Gasteiger partial charge in [-0.25, -0.2) is 0 Å². The number of nitrogens with two attached hydrogens (primary N) is 1. The highest BCUT2D eigenvalue weighted by atomic mass is 16.1. The van der Waals surface area contributed by atoms with Crippen molar-refractivity contribution in [2.45, 2.75) is 65.2 Å². The highest BCUT2D eigenvalue weighted by Crippen LogP contribution is 2.21. The Hall–Kier alpha value is -0.630. The van der Waals surface area contributed by atoms with Crippen molar-refractivity contribution in [1.82, 2.24) is 0 Å². The quantitative estimate of drug-likeness (QED) is 0.420. The largest absolute Gasteiger partial charge is 0.330 e. The van der Waals surface area contributed by atoms with Gasteiger partial charge in [0, 0.05) is 12.8 Å². The number of allylic oxidation sites excluding steroid dienone is 1. The molecule has 0 spiro atoms. The van der Waals surface area contributed by atoms with Gasteiger partial charge in [-0.05, 0) is 50.5 Å². The minimum atomic E-state index is 0.427. The van der Waals surface area contributed by atoms with Crippen LogP contribution in [0.5, 0.6) is 0 Å². The van der Waals surface area contributed by atoms with Gasteiger partial charge in [-0.3, -0.25) is 4.79 Å². The molecule has 0 bridgehead atoms. The Balaban J connectivity index is 3.64. The molecule has 2 nitrogen and oxygen atoms in total. The molecule has 0 saturated heterocycles. The van der Waals surface area contributed by atoms with Crippen LogP contribution in [0, 0.1) is 11.8 Å². The van der Waals surface area contributed by atoms with Crippen LogP contribution in [-0.2, 0) is 4.79 Å². The van der Waals surface area contributed by atoms with Gasteiger partial charge in [0.1, 0.15) is 5.78 Å². The van der Waals surface area contributed by atoms with Crippen LogP contribution < -0.4 is 5.73 Å². The maximum atomic E-state index is 11.8. The number of rotatable bonds is 12. The lowest BCUT2D eigenvalue weighted by molar-refractivity contribution is -0.119. The van der Waals surface area contributed by atoms with Gasteiger partial charge in [0.05, 0.1) is 0 Å². The van der Waals surface area contributed by atoms with Crippen molar-refractivity contribution in [3.63, 3.8) is 0 Å². The van der Waals surface area contributed by atoms with Gasteiger partial charge in [-0.2, -0.15) is 0 Å². The lowest BCUT2D eigenvalue weighted by Gasteiger charge is -2.19. The molecule has 0 fully saturated rings. The fourth-order valence-corrected chi connectivity index (χ4v) is 2.28. The number of carbonyl (C=O) groups is 1. The maximum Gasteiger partial charge on any atom is 0.132 e. The van der Waals surface area contributed by atoms with Crippen LogP contribution in [0.2, 0.25) is 0 Å². The Morgan fingerprint density at radius 1 is 1.17 bits per heavy atom. The predicted octanol–water partition coefficient (Wildman–Crippen LogP) is 4.09. The standard InChI is InChI=1S/C16H31NO/c1-4-5-6-7-8-9-16(18)11-10-15(12-13-17)14(2)3/h4,14-15H,1,5-13,17H2,2-3H3. The summed E-state index contributed by atoms with van der Waals surface area (Å²) in [5, 5.41) is 0. The summed E-state index contributed by atoms with van der Waals surface area (Å²) in [6, 6.07) is 0. The second kappa shape index (κ2) is 11.5. The van der Waals surface area contributed by atoms with E-state index >= 15 is 0 Å². The smallest absolute Gasteiger partial charge is 0.132 e. The highest BCUT2D eigenvalue weighted by Gasteiger charge is 2.14. The molecule has 0 amide bonds. The zero-order valence-corrected chi connectivity index (χ0v) is 12.3. The molecular weight excluding hydrogens is 222 g/mol. The first-order chi connectivity index (χ1) is 8.61. The van der Waals surface area contributed by atoms with E-state index < -0.39 is 0 Å². The Morgan fingerprint density at radius 3 is 2.44 bits per heavy atom. The average Bonchev–Trinajstić information content (AvgIpc) is 2.33. The van der Waals surface area contributed by atoms with Gasteiger partial charge in [-0.15, -0.1) is 6.58 Å². The zero-order chi connectivity index (χ0) is 13.8. The molecule has 18 heavy (non-hydrogen) atoms. The van der Waals surface area contributed by atoms with Crippen LogP contribution in [0.3, 0.4) is 0 Å². The van der Waals surface area contributed by atoms with Crippen molar-refractivity contribution in [2.24, 2.45) is 17.6 Å². The van der Waals surface area contributed by atoms with Crippen molar-refractivity contribution >= 4 is 5.78 Å². The van der Waals surface area contributed by atoms with Crippen LogP contribution in [-0.4, -0.2) is 12.3 Å². The van der Waals surface area contributed by atoms with Crippen LogP contribution in [0.15, 0.2) is 12.7 Å². The number of hydrogen-bond acceptors (Lipinski definition) is 2.